The molecule has 0 nitrogen and oxygen atoms in total. The second-order valence-electron chi connectivity index (χ2n) is 2.80. The monoisotopic (exact) mass is 119 g/mol. The van der Waals surface area contributed by atoms with E-state index in [1.165, 1.54) is 0 Å². The van der Waals surface area contributed by atoms with Crippen molar-refractivity contribution in [2.24, 2.45) is 5.41 Å². The van der Waals surface area contributed by atoms with Crippen LogP contribution in [0.5, 0.6) is 0 Å². The Hall–Kier alpha value is -0.880. The van der Waals surface area contributed by atoms with Gasteiger partial charge in [-0.05, 0) is 32.6 Å². The zero-order valence-electron chi connectivity index (χ0n) is 6.21. The molecule has 0 aromatic rings. The summed E-state index contributed by atoms with van der Waals surface area (Å²) in [6, 6.07) is 0. The van der Waals surface area contributed by atoms with Crippen LogP contribution >= 0.6 is 0 Å². The second-order valence-corrected chi connectivity index (χ2v) is 2.80. The summed E-state index contributed by atoms with van der Waals surface area (Å²) in [6.45, 7) is 9.48. The van der Waals surface area contributed by atoms with Crippen LogP contribution in [0.4, 0.5) is 0 Å². The first kappa shape index (κ1) is 8.12. The van der Waals surface area contributed by atoms with Crippen LogP contribution < -0.4 is 0 Å². The summed E-state index contributed by atoms with van der Waals surface area (Å²) in [5, 5.41) is 0. The summed E-state index contributed by atoms with van der Waals surface area (Å²) in [7, 11) is 0. The van der Waals surface area contributed by atoms with Gasteiger partial charge in [0.05, 0.1) is 0 Å². The maximum Gasteiger partial charge on any atom is 0.0240 e. The van der Waals surface area contributed by atoms with Crippen molar-refractivity contribution in [2.75, 3.05) is 0 Å². The summed E-state index contributed by atoms with van der Waals surface area (Å²) >= 11 is 0. The molecule has 0 saturated carbocycles. The van der Waals surface area contributed by atoms with Gasteiger partial charge in [-0.15, -0.1) is 0 Å². The highest BCUT2D eigenvalue weighted by Crippen LogP contribution is 2.09. The molecule has 0 aliphatic rings. The molecule has 0 rings (SSSR count). The first-order chi connectivity index (χ1) is 4.06. The SMILES string of the molecule is [CH2]C#CC#CC(C)(C)C. The van der Waals surface area contributed by atoms with Gasteiger partial charge in [0, 0.05) is 12.3 Å². The lowest BCUT2D eigenvalue weighted by atomic mass is 9.98. The van der Waals surface area contributed by atoms with Crippen molar-refractivity contribution in [1.29, 1.82) is 0 Å². The van der Waals surface area contributed by atoms with E-state index in [1.807, 2.05) is 20.8 Å². The van der Waals surface area contributed by atoms with Gasteiger partial charge in [0.2, 0.25) is 0 Å². The Balaban J connectivity index is 3.99. The molecule has 0 aromatic heterocycles. The van der Waals surface area contributed by atoms with Gasteiger partial charge >= 0.3 is 0 Å². The predicted molar refractivity (Wildman–Crippen MR) is 40.4 cm³/mol. The maximum atomic E-state index is 3.34. The van der Waals surface area contributed by atoms with Gasteiger partial charge in [-0.3, -0.25) is 0 Å². The zero-order chi connectivity index (χ0) is 7.33. The van der Waals surface area contributed by atoms with Crippen LogP contribution in [-0.2, 0) is 0 Å². The minimum atomic E-state index is 0.0594. The highest BCUT2D eigenvalue weighted by atomic mass is 14.0. The smallest absolute Gasteiger partial charge is 0.0240 e. The van der Waals surface area contributed by atoms with Crippen molar-refractivity contribution in [1.82, 2.24) is 0 Å². The quantitative estimate of drug-likeness (QED) is 0.427. The minimum absolute atomic E-state index is 0.0594. The number of hydrogen-bond donors (Lipinski definition) is 0. The third-order valence-corrected chi connectivity index (χ3v) is 0.588. The summed E-state index contributed by atoms with van der Waals surface area (Å²) in [6.07, 6.45) is 0. The molecule has 47 valence electrons. The Morgan fingerprint density at radius 2 is 1.67 bits per heavy atom. The van der Waals surface area contributed by atoms with E-state index in [4.69, 9.17) is 0 Å². The van der Waals surface area contributed by atoms with Crippen LogP contribution in [-0.4, -0.2) is 0 Å². The molecule has 0 amide bonds. The molecule has 0 aliphatic carbocycles. The number of rotatable bonds is 0. The summed E-state index contributed by atoms with van der Waals surface area (Å²) in [5.41, 5.74) is 0.0594. The summed E-state index contributed by atoms with van der Waals surface area (Å²) < 4.78 is 0. The molecule has 0 spiro atoms. The van der Waals surface area contributed by atoms with E-state index in [9.17, 15) is 0 Å². The van der Waals surface area contributed by atoms with Gasteiger partial charge in [-0.25, -0.2) is 0 Å². The molecule has 0 atom stereocenters. The van der Waals surface area contributed by atoms with Gasteiger partial charge in [0.25, 0.3) is 0 Å². The standard InChI is InChI=1S/C9H11/c1-5-6-7-8-9(2,3)4/h1H2,2-4H3. The van der Waals surface area contributed by atoms with Crippen molar-refractivity contribution < 1.29 is 0 Å². The minimum Gasteiger partial charge on any atom is -0.0881 e. The normalized spacial score (nSPS) is 8.44. The van der Waals surface area contributed by atoms with Crippen molar-refractivity contribution in [2.45, 2.75) is 20.8 Å². The lowest BCUT2D eigenvalue weighted by molar-refractivity contribution is 0.571. The first-order valence-corrected chi connectivity index (χ1v) is 2.85. The van der Waals surface area contributed by atoms with Gasteiger partial charge in [-0.1, -0.05) is 11.8 Å². The molecule has 1 radical (unpaired) electrons. The van der Waals surface area contributed by atoms with Crippen molar-refractivity contribution in [3.8, 4) is 23.7 Å². The molecular weight excluding hydrogens is 108 g/mol. The molecule has 0 unspecified atom stereocenters. The van der Waals surface area contributed by atoms with Gasteiger partial charge in [-0.2, -0.15) is 0 Å². The van der Waals surface area contributed by atoms with Crippen molar-refractivity contribution in [3.05, 3.63) is 6.92 Å². The fraction of sp³-hybridized carbons (Fsp3) is 0.444. The number of hydrogen-bond acceptors (Lipinski definition) is 0. The highest BCUT2D eigenvalue weighted by Gasteiger charge is 2.02. The van der Waals surface area contributed by atoms with Crippen molar-refractivity contribution >= 4 is 0 Å². The fourth-order valence-electron chi connectivity index (χ4n) is 0.263. The predicted octanol–water partition coefficient (Wildman–Crippen LogP) is 1.87. The molecule has 0 bridgehead atoms. The van der Waals surface area contributed by atoms with E-state index in [0.717, 1.165) is 0 Å². The topological polar surface area (TPSA) is 0 Å². The maximum absolute atomic E-state index is 3.34. The summed E-state index contributed by atoms with van der Waals surface area (Å²) in [4.78, 5) is 0. The largest absolute Gasteiger partial charge is 0.0881 e. The third-order valence-electron chi connectivity index (χ3n) is 0.588. The average molecular weight is 119 g/mol. The van der Waals surface area contributed by atoms with Crippen LogP contribution in [0.3, 0.4) is 0 Å². The van der Waals surface area contributed by atoms with Crippen LogP contribution in [0.15, 0.2) is 0 Å². The highest BCUT2D eigenvalue weighted by molar-refractivity contribution is 5.28. The molecule has 0 saturated heterocycles. The Kier molecular flexibility index (Phi) is 2.89. The molecule has 0 N–H and O–H groups in total. The Morgan fingerprint density at radius 1 is 1.11 bits per heavy atom. The van der Waals surface area contributed by atoms with Crippen LogP contribution in [0.1, 0.15) is 20.8 Å². The van der Waals surface area contributed by atoms with E-state index in [0.29, 0.717) is 0 Å². The van der Waals surface area contributed by atoms with E-state index in [1.54, 1.807) is 0 Å². The Labute approximate surface area is 57.7 Å². The fourth-order valence-corrected chi connectivity index (χ4v) is 0.263. The van der Waals surface area contributed by atoms with Crippen molar-refractivity contribution in [3.63, 3.8) is 0 Å². The van der Waals surface area contributed by atoms with Crippen LogP contribution in [0.25, 0.3) is 0 Å². The van der Waals surface area contributed by atoms with Crippen LogP contribution in [0.2, 0.25) is 0 Å². The lowest BCUT2D eigenvalue weighted by Gasteiger charge is -2.05. The Morgan fingerprint density at radius 3 is 2.00 bits per heavy atom. The second kappa shape index (κ2) is 3.21. The summed E-state index contributed by atoms with van der Waals surface area (Å²) in [5.74, 6) is 10.7. The molecule has 9 heavy (non-hydrogen) atoms. The van der Waals surface area contributed by atoms with Crippen LogP contribution in [0, 0.1) is 36.0 Å². The molecule has 0 aromatic carbocycles. The lowest BCUT2D eigenvalue weighted by Crippen LogP contribution is -1.98. The molecule has 0 heterocycles. The third kappa shape index (κ3) is 7.12. The molecule has 0 fully saturated rings. The first-order valence-electron chi connectivity index (χ1n) is 2.85. The van der Waals surface area contributed by atoms with E-state index in [2.05, 4.69) is 30.6 Å². The van der Waals surface area contributed by atoms with Gasteiger partial charge in [0.1, 0.15) is 0 Å². The molecule has 0 aliphatic heterocycles. The van der Waals surface area contributed by atoms with E-state index in [-0.39, 0.29) is 5.41 Å². The zero-order valence-corrected chi connectivity index (χ0v) is 6.21. The average Bonchev–Trinajstić information content (AvgIpc) is 1.63. The molecule has 0 heteroatoms. The van der Waals surface area contributed by atoms with E-state index >= 15 is 0 Å². The van der Waals surface area contributed by atoms with E-state index < -0.39 is 0 Å². The molecular formula is C9H11. The van der Waals surface area contributed by atoms with Gasteiger partial charge < -0.3 is 0 Å². The Bertz CT molecular complexity index is 182. The van der Waals surface area contributed by atoms with Gasteiger partial charge in [0.15, 0.2) is 0 Å².